The molecule has 0 bridgehead atoms. The fraction of sp³-hybridized carbons (Fsp3) is 0.143. The third-order valence-electron chi connectivity index (χ3n) is 2.48. The minimum atomic E-state index is -1.64. The van der Waals surface area contributed by atoms with Crippen molar-refractivity contribution >= 4 is 52.5 Å². The first-order valence-electron chi connectivity index (χ1n) is 5.96. The molecule has 2 aromatic rings. The second-order valence-electron chi connectivity index (χ2n) is 4.07. The first-order chi connectivity index (χ1) is 9.97. The summed E-state index contributed by atoms with van der Waals surface area (Å²) < 4.78 is -1.64. The minimum absolute atomic E-state index is 0.345. The van der Waals surface area contributed by atoms with Crippen molar-refractivity contribution in [3.63, 3.8) is 0 Å². The van der Waals surface area contributed by atoms with Crippen LogP contribution in [0.4, 0.5) is 0 Å². The molecule has 2 rings (SSSR count). The number of thioether (sulfide) groups is 1. The Bertz CT molecular complexity index is 590. The van der Waals surface area contributed by atoms with Crippen LogP contribution in [0.3, 0.4) is 0 Å². The van der Waals surface area contributed by atoms with Crippen molar-refractivity contribution in [2.45, 2.75) is 14.1 Å². The molecule has 0 unspecified atom stereocenters. The van der Waals surface area contributed by atoms with Crippen LogP contribution in [0.2, 0.25) is 0 Å². The van der Waals surface area contributed by atoms with Crippen LogP contribution in [0.5, 0.6) is 0 Å². The number of benzene rings is 1. The van der Waals surface area contributed by atoms with Gasteiger partial charge in [0, 0.05) is 17.3 Å². The lowest BCUT2D eigenvalue weighted by Crippen LogP contribution is -2.41. The van der Waals surface area contributed by atoms with Gasteiger partial charge in [0.15, 0.2) is 0 Å². The van der Waals surface area contributed by atoms with Crippen molar-refractivity contribution in [3.05, 3.63) is 60.4 Å². The van der Waals surface area contributed by atoms with E-state index in [9.17, 15) is 4.79 Å². The van der Waals surface area contributed by atoms with Crippen LogP contribution in [0.25, 0.3) is 0 Å². The third kappa shape index (κ3) is 5.08. The number of hydrogen-bond donors (Lipinski definition) is 1. The van der Waals surface area contributed by atoms with Gasteiger partial charge in [-0.2, -0.15) is 0 Å². The molecule has 21 heavy (non-hydrogen) atoms. The number of carbonyl (C=O) groups is 1. The zero-order valence-electron chi connectivity index (χ0n) is 10.7. The van der Waals surface area contributed by atoms with Crippen molar-refractivity contribution < 1.29 is 4.79 Å². The normalized spacial score (nSPS) is 12.7. The quantitative estimate of drug-likeness (QED) is 0.501. The highest BCUT2D eigenvalue weighted by Gasteiger charge is 2.35. The molecule has 0 fully saturated rings. The van der Waals surface area contributed by atoms with Gasteiger partial charge in [-0.15, -0.1) is 0 Å². The monoisotopic (exact) mass is 360 g/mol. The first-order valence-corrected chi connectivity index (χ1v) is 7.97. The van der Waals surface area contributed by atoms with Crippen molar-refractivity contribution in [3.8, 4) is 0 Å². The Labute approximate surface area is 142 Å². The number of nitrogens with zero attached hydrogens (tertiary/aromatic N) is 1. The van der Waals surface area contributed by atoms with Crippen LogP contribution >= 0.6 is 46.6 Å². The summed E-state index contributed by atoms with van der Waals surface area (Å²) in [5.41, 5.74) is 0.408. The minimum Gasteiger partial charge on any atom is -0.336 e. The van der Waals surface area contributed by atoms with Crippen LogP contribution in [0, 0.1) is 0 Å². The van der Waals surface area contributed by atoms with Crippen molar-refractivity contribution in [2.75, 3.05) is 0 Å². The summed E-state index contributed by atoms with van der Waals surface area (Å²) in [5.74, 6) is -0.345. The van der Waals surface area contributed by atoms with Crippen LogP contribution in [-0.4, -0.2) is 20.1 Å². The molecule has 1 aromatic heterocycles. The molecule has 0 saturated heterocycles. The molecule has 1 heterocycles. The number of halogens is 3. The fourth-order valence-electron chi connectivity index (χ4n) is 1.51. The molecular formula is C14H11Cl3N2OS. The number of alkyl halides is 3. The summed E-state index contributed by atoms with van der Waals surface area (Å²) in [6.45, 7) is 0. The van der Waals surface area contributed by atoms with Gasteiger partial charge in [0.05, 0.1) is 5.56 Å². The maximum atomic E-state index is 12.2. The van der Waals surface area contributed by atoms with Crippen molar-refractivity contribution in [2.24, 2.45) is 0 Å². The highest BCUT2D eigenvalue weighted by molar-refractivity contribution is 8.00. The van der Waals surface area contributed by atoms with E-state index >= 15 is 0 Å². The third-order valence-corrected chi connectivity index (χ3v) is 4.77. The number of hydrogen-bond acceptors (Lipinski definition) is 3. The molecule has 7 heteroatoms. The Morgan fingerprint density at radius 3 is 2.43 bits per heavy atom. The van der Waals surface area contributed by atoms with E-state index in [-0.39, 0.29) is 5.91 Å². The average Bonchev–Trinajstić information content (AvgIpc) is 2.47. The van der Waals surface area contributed by atoms with Gasteiger partial charge in [0.2, 0.25) is 3.79 Å². The Morgan fingerprint density at radius 1 is 1.14 bits per heavy atom. The molecular weight excluding hydrogens is 351 g/mol. The molecule has 110 valence electrons. The molecule has 0 aliphatic heterocycles. The summed E-state index contributed by atoms with van der Waals surface area (Å²) in [4.78, 5) is 16.9. The Hall–Kier alpha value is -0.940. The molecule has 0 radical (unpaired) electrons. The van der Waals surface area contributed by atoms with E-state index in [2.05, 4.69) is 10.3 Å². The molecule has 1 atom stereocenters. The standard InChI is InChI=1S/C14H11Cl3N2OS/c15-14(16,17)13(21-11-6-2-1-3-7-11)19-12(20)10-5-4-8-18-9-10/h1-9,13H,(H,19,20)/t13-/m0/s1. The van der Waals surface area contributed by atoms with Crippen molar-refractivity contribution in [1.29, 1.82) is 0 Å². The summed E-state index contributed by atoms with van der Waals surface area (Å²) in [6.07, 6.45) is 3.04. The highest BCUT2D eigenvalue weighted by atomic mass is 35.6. The fourth-order valence-corrected chi connectivity index (χ4v) is 2.96. The molecule has 0 spiro atoms. The van der Waals surface area contributed by atoms with Gasteiger partial charge >= 0.3 is 0 Å². The number of amides is 1. The van der Waals surface area contributed by atoms with E-state index in [0.29, 0.717) is 5.56 Å². The lowest BCUT2D eigenvalue weighted by molar-refractivity contribution is 0.0949. The summed E-state index contributed by atoms with van der Waals surface area (Å²) >= 11 is 19.2. The molecule has 0 aliphatic carbocycles. The lowest BCUT2D eigenvalue weighted by Gasteiger charge is -2.25. The number of rotatable bonds is 4. The SMILES string of the molecule is O=C(N[C@@H](Sc1ccccc1)C(Cl)(Cl)Cl)c1cccnc1. The van der Waals surface area contributed by atoms with Gasteiger partial charge in [-0.05, 0) is 24.3 Å². The maximum absolute atomic E-state index is 12.2. The molecule has 1 N–H and O–H groups in total. The summed E-state index contributed by atoms with van der Waals surface area (Å²) in [5, 5.41) is 1.99. The van der Waals surface area contributed by atoms with Gasteiger partial charge in [-0.3, -0.25) is 9.78 Å². The molecule has 0 aliphatic rings. The van der Waals surface area contributed by atoms with E-state index in [1.54, 1.807) is 18.3 Å². The number of pyridine rings is 1. The smallest absolute Gasteiger partial charge is 0.253 e. The van der Waals surface area contributed by atoms with Crippen LogP contribution in [-0.2, 0) is 0 Å². The zero-order chi connectivity index (χ0) is 15.3. The first kappa shape index (κ1) is 16.4. The Balaban J connectivity index is 2.12. The van der Waals surface area contributed by atoms with E-state index in [1.165, 1.54) is 18.0 Å². The predicted octanol–water partition coefficient (Wildman–Crippen LogP) is 4.30. The van der Waals surface area contributed by atoms with Gasteiger partial charge in [-0.25, -0.2) is 0 Å². The number of aromatic nitrogens is 1. The van der Waals surface area contributed by atoms with E-state index in [0.717, 1.165) is 4.90 Å². The lowest BCUT2D eigenvalue weighted by atomic mass is 10.3. The maximum Gasteiger partial charge on any atom is 0.253 e. The Kier molecular flexibility index (Phi) is 5.76. The van der Waals surface area contributed by atoms with Crippen LogP contribution < -0.4 is 5.32 Å². The Morgan fingerprint density at radius 2 is 1.86 bits per heavy atom. The van der Waals surface area contributed by atoms with Crippen molar-refractivity contribution in [1.82, 2.24) is 10.3 Å². The molecule has 3 nitrogen and oxygen atoms in total. The molecule has 1 amide bonds. The molecule has 0 saturated carbocycles. The van der Waals surface area contributed by atoms with Gasteiger partial charge in [0.1, 0.15) is 5.37 Å². The second-order valence-corrected chi connectivity index (χ2v) is 7.62. The van der Waals surface area contributed by atoms with E-state index in [4.69, 9.17) is 34.8 Å². The van der Waals surface area contributed by atoms with Crippen LogP contribution in [0.1, 0.15) is 10.4 Å². The van der Waals surface area contributed by atoms with Gasteiger partial charge in [-0.1, -0.05) is 64.8 Å². The number of nitrogens with one attached hydrogen (secondary N) is 1. The highest BCUT2D eigenvalue weighted by Crippen LogP contribution is 2.39. The van der Waals surface area contributed by atoms with Gasteiger partial charge in [0.25, 0.3) is 5.91 Å². The summed E-state index contributed by atoms with van der Waals surface area (Å²) in [6, 6.07) is 12.7. The zero-order valence-corrected chi connectivity index (χ0v) is 13.8. The van der Waals surface area contributed by atoms with E-state index in [1.807, 2.05) is 30.3 Å². The molecule has 1 aromatic carbocycles. The van der Waals surface area contributed by atoms with Crippen LogP contribution in [0.15, 0.2) is 59.8 Å². The largest absolute Gasteiger partial charge is 0.336 e. The number of carbonyl (C=O) groups excluding carboxylic acids is 1. The van der Waals surface area contributed by atoms with E-state index < -0.39 is 9.17 Å². The predicted molar refractivity (Wildman–Crippen MR) is 88.1 cm³/mol. The second kappa shape index (κ2) is 7.36. The topological polar surface area (TPSA) is 42.0 Å². The average molecular weight is 362 g/mol. The van der Waals surface area contributed by atoms with Gasteiger partial charge < -0.3 is 5.32 Å². The summed E-state index contributed by atoms with van der Waals surface area (Å²) in [7, 11) is 0.